The van der Waals surface area contributed by atoms with E-state index in [1.165, 1.54) is 28.4 Å². The first-order valence-electron chi connectivity index (χ1n) is 7.30. The zero-order valence-electron chi connectivity index (χ0n) is 14.6. The number of methoxy groups -OCH3 is 4. The number of esters is 4. The summed E-state index contributed by atoms with van der Waals surface area (Å²) in [5, 5.41) is 0. The van der Waals surface area contributed by atoms with Gasteiger partial charge in [-0.2, -0.15) is 0 Å². The fraction of sp³-hybridized carbons (Fsp3) is 0.500. The van der Waals surface area contributed by atoms with E-state index in [4.69, 9.17) is 18.9 Å². The third kappa shape index (κ3) is 4.73. The van der Waals surface area contributed by atoms with Gasteiger partial charge in [0, 0.05) is 0 Å². The van der Waals surface area contributed by atoms with Crippen molar-refractivity contribution < 1.29 is 38.1 Å². The van der Waals surface area contributed by atoms with Crippen molar-refractivity contribution in [2.24, 2.45) is 0 Å². The van der Waals surface area contributed by atoms with Crippen LogP contribution in [0.15, 0.2) is 22.3 Å². The summed E-state index contributed by atoms with van der Waals surface area (Å²) in [6.07, 6.45) is -0.214. The van der Waals surface area contributed by atoms with Gasteiger partial charge in [-0.15, -0.1) is 0 Å². The van der Waals surface area contributed by atoms with Crippen molar-refractivity contribution >= 4 is 55.7 Å². The van der Waals surface area contributed by atoms with Crippen LogP contribution in [0.25, 0.3) is 0 Å². The van der Waals surface area contributed by atoms with E-state index in [1.54, 1.807) is 0 Å². The highest BCUT2D eigenvalue weighted by Gasteiger charge is 2.38. The zero-order chi connectivity index (χ0) is 20.0. The number of halogens is 2. The molecule has 0 aromatic rings. The highest BCUT2D eigenvalue weighted by Crippen LogP contribution is 2.36. The maximum absolute atomic E-state index is 12.2. The zero-order valence-corrected chi connectivity index (χ0v) is 17.8. The molecule has 0 amide bonds. The Morgan fingerprint density at radius 1 is 0.654 bits per heavy atom. The summed E-state index contributed by atoms with van der Waals surface area (Å²) in [6, 6.07) is 0. The van der Waals surface area contributed by atoms with E-state index in [0.29, 0.717) is 0 Å². The van der Waals surface area contributed by atoms with Crippen LogP contribution in [0.1, 0.15) is 12.8 Å². The lowest BCUT2D eigenvalue weighted by molar-refractivity contribution is -0.140. The number of ether oxygens (including phenoxy) is 4. The Balaban J connectivity index is 3.65. The number of hydrogen-bond donors (Lipinski definition) is 0. The molecule has 1 aliphatic carbocycles. The molecule has 10 heteroatoms. The summed E-state index contributed by atoms with van der Waals surface area (Å²) in [7, 11) is 4.69. The van der Waals surface area contributed by atoms with Gasteiger partial charge in [0.1, 0.15) is 0 Å². The van der Waals surface area contributed by atoms with Gasteiger partial charge in [-0.05, 0) is 12.8 Å². The first-order valence-corrected chi connectivity index (χ1v) is 9.13. The molecule has 0 heterocycles. The highest BCUT2D eigenvalue weighted by atomic mass is 79.9. The van der Waals surface area contributed by atoms with Crippen molar-refractivity contribution in [3.63, 3.8) is 0 Å². The van der Waals surface area contributed by atoms with E-state index < -0.39 is 33.5 Å². The van der Waals surface area contributed by atoms with Crippen molar-refractivity contribution in [2.45, 2.75) is 22.5 Å². The van der Waals surface area contributed by atoms with Crippen LogP contribution in [0, 0.1) is 0 Å². The van der Waals surface area contributed by atoms with E-state index in [2.05, 4.69) is 31.9 Å². The fourth-order valence-corrected chi connectivity index (χ4v) is 4.09. The number of alkyl halides is 2. The standard InChI is InChI=1S/C16H18Br2O8/c1-23-13(19)7-5-9(17)12(16(22)26-4)8(14(20)24-2)6-10(18)11(7)15(21)25-3/h9-10H,5-6H2,1-4H3/b11-7-,12-8-/t9-,10-/m1/s1. The van der Waals surface area contributed by atoms with Gasteiger partial charge in [0.05, 0.1) is 60.4 Å². The minimum absolute atomic E-state index is 0.00844. The lowest BCUT2D eigenvalue weighted by Crippen LogP contribution is -2.30. The van der Waals surface area contributed by atoms with Crippen molar-refractivity contribution in [1.82, 2.24) is 0 Å². The number of carbonyl (C=O) groups excluding carboxylic acids is 4. The quantitative estimate of drug-likeness (QED) is 0.327. The summed E-state index contributed by atoms with van der Waals surface area (Å²) in [5.41, 5.74) is 0.0603. The summed E-state index contributed by atoms with van der Waals surface area (Å²) in [6.45, 7) is 0. The smallest absolute Gasteiger partial charge is 0.335 e. The highest BCUT2D eigenvalue weighted by molar-refractivity contribution is 9.10. The Bertz CT molecular complexity index is 622. The SMILES string of the molecule is COC(=O)/C1=C(\C(=O)OC)[C@H](Br)C/C(C(=O)OC)=C(/C(=O)OC)[C@H](Br)C1. The van der Waals surface area contributed by atoms with Gasteiger partial charge in [-0.1, -0.05) is 31.9 Å². The molecule has 144 valence electrons. The first kappa shape index (κ1) is 22.4. The average Bonchev–Trinajstić information content (AvgIpc) is 2.63. The molecular weight excluding hydrogens is 480 g/mol. The maximum atomic E-state index is 12.2. The maximum Gasteiger partial charge on any atom is 0.335 e. The molecule has 0 unspecified atom stereocenters. The molecule has 8 nitrogen and oxygen atoms in total. The minimum Gasteiger partial charge on any atom is -0.466 e. The monoisotopic (exact) mass is 496 g/mol. The molecule has 0 aromatic carbocycles. The van der Waals surface area contributed by atoms with Gasteiger partial charge in [-0.3, -0.25) is 0 Å². The van der Waals surface area contributed by atoms with E-state index >= 15 is 0 Å². The topological polar surface area (TPSA) is 105 Å². The third-order valence-corrected chi connectivity index (χ3v) is 5.28. The van der Waals surface area contributed by atoms with Crippen molar-refractivity contribution in [3.8, 4) is 0 Å². The molecule has 0 spiro atoms. The largest absolute Gasteiger partial charge is 0.466 e. The lowest BCUT2D eigenvalue weighted by atomic mass is 9.88. The van der Waals surface area contributed by atoms with Gasteiger partial charge in [-0.25, -0.2) is 19.2 Å². The molecule has 0 fully saturated rings. The van der Waals surface area contributed by atoms with Crippen LogP contribution in [0.3, 0.4) is 0 Å². The summed E-state index contributed by atoms with van der Waals surface area (Å²) in [4.78, 5) is 47.3. The second-order valence-electron chi connectivity index (χ2n) is 5.09. The van der Waals surface area contributed by atoms with E-state index in [0.717, 1.165) is 0 Å². The molecule has 0 radical (unpaired) electrons. The molecule has 26 heavy (non-hydrogen) atoms. The van der Waals surface area contributed by atoms with Crippen LogP contribution in [0.4, 0.5) is 0 Å². The van der Waals surface area contributed by atoms with E-state index in [-0.39, 0.29) is 35.1 Å². The van der Waals surface area contributed by atoms with Gasteiger partial charge in [0.15, 0.2) is 0 Å². The third-order valence-electron chi connectivity index (χ3n) is 3.72. The molecule has 0 N–H and O–H groups in total. The Kier molecular flexibility index (Phi) is 8.48. The fourth-order valence-electron chi connectivity index (χ4n) is 2.52. The summed E-state index contributed by atoms with van der Waals surface area (Å²) in [5.74, 6) is -2.99. The Labute approximate surface area is 167 Å². The number of rotatable bonds is 4. The van der Waals surface area contributed by atoms with Gasteiger partial charge < -0.3 is 18.9 Å². The second-order valence-corrected chi connectivity index (χ2v) is 7.30. The molecule has 2 atom stereocenters. The molecule has 0 aromatic heterocycles. The van der Waals surface area contributed by atoms with Crippen molar-refractivity contribution in [1.29, 1.82) is 0 Å². The van der Waals surface area contributed by atoms with Crippen molar-refractivity contribution in [3.05, 3.63) is 22.3 Å². The molecule has 1 aliphatic rings. The Hall–Kier alpha value is -1.68. The van der Waals surface area contributed by atoms with E-state index in [1.807, 2.05) is 0 Å². The predicted octanol–water partition coefficient (Wildman–Crippen LogP) is 1.59. The number of carbonyl (C=O) groups is 4. The van der Waals surface area contributed by atoms with Gasteiger partial charge in [0.2, 0.25) is 0 Å². The number of hydrogen-bond acceptors (Lipinski definition) is 8. The van der Waals surface area contributed by atoms with Gasteiger partial charge in [0.25, 0.3) is 0 Å². The minimum atomic E-state index is -0.794. The first-order chi connectivity index (χ1) is 12.2. The van der Waals surface area contributed by atoms with Crippen LogP contribution in [-0.2, 0) is 38.1 Å². The van der Waals surface area contributed by atoms with Crippen LogP contribution in [0.2, 0.25) is 0 Å². The molecule has 0 saturated carbocycles. The molecule has 0 bridgehead atoms. The van der Waals surface area contributed by atoms with Crippen LogP contribution < -0.4 is 0 Å². The van der Waals surface area contributed by atoms with Gasteiger partial charge >= 0.3 is 23.9 Å². The molecule has 0 saturated heterocycles. The molecular formula is C16H18Br2O8. The Morgan fingerprint density at radius 3 is 1.15 bits per heavy atom. The predicted molar refractivity (Wildman–Crippen MR) is 96.8 cm³/mol. The average molecular weight is 498 g/mol. The summed E-state index contributed by atoms with van der Waals surface area (Å²) >= 11 is 6.60. The molecule has 1 rings (SSSR count). The summed E-state index contributed by atoms with van der Waals surface area (Å²) < 4.78 is 19.0. The Morgan fingerprint density at radius 2 is 0.923 bits per heavy atom. The normalized spacial score (nSPS) is 26.2. The van der Waals surface area contributed by atoms with E-state index in [9.17, 15) is 19.2 Å². The molecule has 0 aliphatic heterocycles. The second kappa shape index (κ2) is 9.86. The lowest BCUT2D eigenvalue weighted by Gasteiger charge is -2.25. The van der Waals surface area contributed by atoms with Crippen molar-refractivity contribution in [2.75, 3.05) is 28.4 Å². The van der Waals surface area contributed by atoms with Crippen LogP contribution in [0.5, 0.6) is 0 Å². The van der Waals surface area contributed by atoms with Crippen LogP contribution in [-0.4, -0.2) is 62.0 Å². The van der Waals surface area contributed by atoms with Crippen LogP contribution >= 0.6 is 31.9 Å².